The Labute approximate surface area is 357 Å². The molecule has 0 heterocycles. The topological polar surface area (TPSA) is 0 Å². The van der Waals surface area contributed by atoms with Gasteiger partial charge in [0.25, 0.3) is 0 Å². The molecule has 61 heavy (non-hydrogen) atoms. The van der Waals surface area contributed by atoms with Crippen LogP contribution in [-0.4, -0.2) is 0 Å². The van der Waals surface area contributed by atoms with Crippen LogP contribution < -0.4 is 0 Å². The molecule has 0 nitrogen and oxygen atoms in total. The fraction of sp³-hybridized carbons (Fsp3) is 0.0492. The average molecular weight is 775 g/mol. The maximum absolute atomic E-state index is 2.45. The van der Waals surface area contributed by atoms with Crippen molar-refractivity contribution in [2.45, 2.75) is 19.3 Å². The van der Waals surface area contributed by atoms with Gasteiger partial charge < -0.3 is 0 Å². The number of benzene rings is 11. The van der Waals surface area contributed by atoms with Gasteiger partial charge in [-0.15, -0.1) is 0 Å². The van der Waals surface area contributed by atoms with Crippen molar-refractivity contribution in [3.05, 3.63) is 230 Å². The molecule has 0 saturated heterocycles. The van der Waals surface area contributed by atoms with Crippen molar-refractivity contribution in [3.63, 3.8) is 0 Å². The van der Waals surface area contributed by atoms with Crippen molar-refractivity contribution in [1.82, 2.24) is 0 Å². The molecule has 0 saturated carbocycles. The second-order valence-corrected chi connectivity index (χ2v) is 17.1. The van der Waals surface area contributed by atoms with E-state index in [2.05, 4.69) is 232 Å². The second kappa shape index (κ2) is 13.8. The third kappa shape index (κ3) is 5.46. The SMILES string of the molecule is CC1(C)c2ccc3c(-c4ccc5ccccc5c4)c4ccccc4c(-c4cccc(-c5ccccc5)c4)c3c2-c2cccc(-c3ccc(-c4ccccc4)c4ccccc34)c21. The molecule has 286 valence electrons. The Morgan fingerprint density at radius 2 is 0.836 bits per heavy atom. The van der Waals surface area contributed by atoms with Crippen molar-refractivity contribution in [1.29, 1.82) is 0 Å². The van der Waals surface area contributed by atoms with Gasteiger partial charge in [-0.05, 0) is 133 Å². The standard InChI is InChI=1S/C61H42/c1-61(2)55-36-35-53-56(45-32-31-40-19-9-10-22-42(40)38-45)50-27-13-14-28-51(50)57(44-24-15-23-43(37-44)39-17-5-3-6-18-39)59(53)58(55)54-30-16-29-52(60(54)61)49-34-33-46(41-20-7-4-8-21-41)47-25-11-12-26-48(47)49/h3-38H,1-2H3. The minimum Gasteiger partial charge on any atom is -0.0622 e. The van der Waals surface area contributed by atoms with Crippen LogP contribution in [0.5, 0.6) is 0 Å². The largest absolute Gasteiger partial charge is 0.0622 e. The van der Waals surface area contributed by atoms with Gasteiger partial charge in [-0.2, -0.15) is 0 Å². The Morgan fingerprint density at radius 1 is 0.279 bits per heavy atom. The molecule has 0 fully saturated rings. The smallest absolute Gasteiger partial charge is 0.0165 e. The molecular weight excluding hydrogens is 733 g/mol. The normalized spacial score (nSPS) is 12.9. The summed E-state index contributed by atoms with van der Waals surface area (Å²) in [5, 5.41) is 10.2. The summed E-state index contributed by atoms with van der Waals surface area (Å²) in [6.07, 6.45) is 0. The third-order valence-corrected chi connectivity index (χ3v) is 13.4. The van der Waals surface area contributed by atoms with E-state index in [-0.39, 0.29) is 5.41 Å². The fourth-order valence-electron chi connectivity index (χ4n) is 10.7. The van der Waals surface area contributed by atoms with Crippen LogP contribution in [0.25, 0.3) is 110 Å². The predicted octanol–water partition coefficient (Wildman–Crippen LogP) is 16.9. The van der Waals surface area contributed by atoms with E-state index in [9.17, 15) is 0 Å². The monoisotopic (exact) mass is 774 g/mol. The fourth-order valence-corrected chi connectivity index (χ4v) is 10.7. The molecule has 11 aromatic rings. The summed E-state index contributed by atoms with van der Waals surface area (Å²) in [4.78, 5) is 0. The van der Waals surface area contributed by atoms with E-state index in [1.54, 1.807) is 0 Å². The Kier molecular flexibility index (Phi) is 7.99. The highest BCUT2D eigenvalue weighted by Gasteiger charge is 2.40. The highest BCUT2D eigenvalue weighted by molar-refractivity contribution is 6.26. The minimum absolute atomic E-state index is 0.271. The first kappa shape index (κ1) is 35.4. The minimum atomic E-state index is -0.271. The molecule has 0 aromatic heterocycles. The van der Waals surface area contributed by atoms with Crippen LogP contribution in [0.4, 0.5) is 0 Å². The molecule has 12 rings (SSSR count). The molecule has 0 bridgehead atoms. The first-order valence-electron chi connectivity index (χ1n) is 21.4. The van der Waals surface area contributed by atoms with E-state index >= 15 is 0 Å². The van der Waals surface area contributed by atoms with Gasteiger partial charge in [0.05, 0.1) is 0 Å². The number of rotatable bonds is 5. The Hall–Kier alpha value is -7.54. The lowest BCUT2D eigenvalue weighted by Gasteiger charge is -2.26. The van der Waals surface area contributed by atoms with Crippen molar-refractivity contribution < 1.29 is 0 Å². The van der Waals surface area contributed by atoms with Gasteiger partial charge in [0.1, 0.15) is 0 Å². The summed E-state index contributed by atoms with van der Waals surface area (Å²) >= 11 is 0. The van der Waals surface area contributed by atoms with Gasteiger partial charge in [0.2, 0.25) is 0 Å². The molecule has 1 aliphatic carbocycles. The quantitative estimate of drug-likeness (QED) is 0.153. The molecule has 0 N–H and O–H groups in total. The average Bonchev–Trinajstić information content (AvgIpc) is 3.56. The molecule has 0 radical (unpaired) electrons. The summed E-state index contributed by atoms with van der Waals surface area (Å²) < 4.78 is 0. The van der Waals surface area contributed by atoms with Crippen molar-refractivity contribution in [2.75, 3.05) is 0 Å². The number of hydrogen-bond donors (Lipinski definition) is 0. The van der Waals surface area contributed by atoms with E-state index in [0.717, 1.165) is 0 Å². The van der Waals surface area contributed by atoms with Gasteiger partial charge in [0, 0.05) is 5.41 Å². The zero-order chi connectivity index (χ0) is 40.7. The van der Waals surface area contributed by atoms with Crippen LogP contribution in [0, 0.1) is 0 Å². The zero-order valence-corrected chi connectivity index (χ0v) is 34.3. The van der Waals surface area contributed by atoms with Crippen LogP contribution >= 0.6 is 0 Å². The van der Waals surface area contributed by atoms with Crippen LogP contribution in [-0.2, 0) is 5.41 Å². The lowest BCUT2D eigenvalue weighted by Crippen LogP contribution is -2.16. The number of fused-ring (bicyclic) bond motifs is 8. The highest BCUT2D eigenvalue weighted by Crippen LogP contribution is 2.58. The van der Waals surface area contributed by atoms with Gasteiger partial charge in [-0.25, -0.2) is 0 Å². The van der Waals surface area contributed by atoms with Gasteiger partial charge in [-0.3, -0.25) is 0 Å². The van der Waals surface area contributed by atoms with Crippen LogP contribution in [0.15, 0.2) is 218 Å². The lowest BCUT2D eigenvalue weighted by molar-refractivity contribution is 0.662. The molecule has 1 aliphatic rings. The first-order chi connectivity index (χ1) is 30.0. The van der Waals surface area contributed by atoms with E-state index in [1.807, 2.05) is 0 Å². The van der Waals surface area contributed by atoms with E-state index in [0.29, 0.717) is 0 Å². The zero-order valence-electron chi connectivity index (χ0n) is 34.3. The first-order valence-corrected chi connectivity index (χ1v) is 21.4. The Balaban J connectivity index is 1.19. The second-order valence-electron chi connectivity index (χ2n) is 17.1. The number of hydrogen-bond acceptors (Lipinski definition) is 0. The van der Waals surface area contributed by atoms with Gasteiger partial charge in [-0.1, -0.05) is 220 Å². The van der Waals surface area contributed by atoms with Crippen molar-refractivity contribution >= 4 is 43.1 Å². The Bertz CT molecular complexity index is 3530. The van der Waals surface area contributed by atoms with E-state index in [1.165, 1.54) is 121 Å². The van der Waals surface area contributed by atoms with Crippen LogP contribution in [0.2, 0.25) is 0 Å². The molecule has 0 spiro atoms. The van der Waals surface area contributed by atoms with Crippen LogP contribution in [0.1, 0.15) is 25.0 Å². The van der Waals surface area contributed by atoms with E-state index < -0.39 is 0 Å². The molecule has 0 heteroatoms. The summed E-state index contributed by atoms with van der Waals surface area (Å²) in [5.41, 5.74) is 17.7. The van der Waals surface area contributed by atoms with Crippen molar-refractivity contribution in [3.8, 4) is 66.8 Å². The molecular formula is C61H42. The Morgan fingerprint density at radius 3 is 1.61 bits per heavy atom. The molecule has 0 atom stereocenters. The molecule has 0 unspecified atom stereocenters. The van der Waals surface area contributed by atoms with E-state index in [4.69, 9.17) is 0 Å². The summed E-state index contributed by atoms with van der Waals surface area (Å²) in [6, 6.07) is 81.2. The van der Waals surface area contributed by atoms with Gasteiger partial charge in [0.15, 0.2) is 0 Å². The molecule has 0 amide bonds. The summed E-state index contributed by atoms with van der Waals surface area (Å²) in [6.45, 7) is 4.88. The third-order valence-electron chi connectivity index (χ3n) is 13.4. The summed E-state index contributed by atoms with van der Waals surface area (Å²) in [5.74, 6) is 0. The van der Waals surface area contributed by atoms with Crippen molar-refractivity contribution in [2.24, 2.45) is 0 Å². The summed E-state index contributed by atoms with van der Waals surface area (Å²) in [7, 11) is 0. The highest BCUT2D eigenvalue weighted by atomic mass is 14.4. The lowest BCUT2D eigenvalue weighted by atomic mass is 9.77. The van der Waals surface area contributed by atoms with Crippen LogP contribution in [0.3, 0.4) is 0 Å². The molecule has 0 aliphatic heterocycles. The predicted molar refractivity (Wildman–Crippen MR) is 261 cm³/mol. The molecule has 11 aromatic carbocycles. The maximum atomic E-state index is 2.45. The van der Waals surface area contributed by atoms with Gasteiger partial charge >= 0.3 is 0 Å². The maximum Gasteiger partial charge on any atom is 0.0165 e.